The van der Waals surface area contributed by atoms with Crippen LogP contribution in [0, 0.1) is 17.3 Å². The van der Waals surface area contributed by atoms with Crippen molar-refractivity contribution in [1.82, 2.24) is 9.80 Å². The van der Waals surface area contributed by atoms with Crippen molar-refractivity contribution in [2.45, 2.75) is 50.6 Å². The Balaban J connectivity index is 1.21. The molecule has 6 aliphatic rings. The van der Waals surface area contributed by atoms with Gasteiger partial charge in [0, 0.05) is 47.3 Å². The van der Waals surface area contributed by atoms with Gasteiger partial charge in [0.25, 0.3) is 5.91 Å². The maximum Gasteiger partial charge on any atom is 0.254 e. The van der Waals surface area contributed by atoms with Crippen LogP contribution >= 0.6 is 34.8 Å². The number of amides is 2. The molecule has 2 unspecified atom stereocenters. The minimum atomic E-state index is -4.03. The molecule has 4 aliphatic carbocycles. The third-order valence-corrected chi connectivity index (χ3v) is 13.0. The van der Waals surface area contributed by atoms with Crippen molar-refractivity contribution >= 4 is 62.1 Å². The van der Waals surface area contributed by atoms with Crippen molar-refractivity contribution in [2.75, 3.05) is 31.5 Å². The maximum atomic E-state index is 13.9. The zero-order chi connectivity index (χ0) is 31.4. The molecule has 1 N–H and O–H groups in total. The molecule has 13 nitrogen and oxygen atoms in total. The second-order valence-electron chi connectivity index (χ2n) is 12.4. The van der Waals surface area contributed by atoms with E-state index in [1.165, 1.54) is 0 Å². The number of benzene rings is 1. The molecule has 232 valence electrons. The lowest BCUT2D eigenvalue weighted by atomic mass is 9.47. The molecule has 4 bridgehead atoms. The average molecular weight is 681 g/mol. The van der Waals surface area contributed by atoms with Crippen molar-refractivity contribution in [3.8, 4) is 0 Å². The standard InChI is InChI=1S/C27H28Cl3N9O4S/c28-20-21(23(30)44(42,43)22(20)29)38-1-3-39(4-2-38)24(40)18-6-15(13-33-36-31)7-19(8-18)34-25(41)26-9-16-5-17(10-26)12-27(11-16,14-26)35-37-32/h6-8,16-17H,1-5,9-14H2,(H,34,41). The van der Waals surface area contributed by atoms with Gasteiger partial charge in [0.2, 0.25) is 15.7 Å². The Labute approximate surface area is 268 Å². The Kier molecular flexibility index (Phi) is 7.97. The number of rotatable bonds is 7. The Bertz CT molecular complexity index is 1710. The van der Waals surface area contributed by atoms with Gasteiger partial charge in [-0.2, -0.15) is 0 Å². The monoisotopic (exact) mass is 679 g/mol. The van der Waals surface area contributed by atoms with Gasteiger partial charge in [0.05, 0.1) is 28.2 Å². The molecule has 7 rings (SSSR count). The highest BCUT2D eigenvalue weighted by Gasteiger charge is 2.60. The molecular weight excluding hydrogens is 653 g/mol. The first-order valence-corrected chi connectivity index (χ1v) is 16.8. The number of hydrogen-bond donors (Lipinski definition) is 1. The number of nitrogens with zero attached hydrogens (tertiary/aromatic N) is 8. The Hall–Kier alpha value is -3.12. The predicted molar refractivity (Wildman–Crippen MR) is 165 cm³/mol. The molecule has 2 atom stereocenters. The predicted octanol–water partition coefficient (Wildman–Crippen LogP) is 6.33. The lowest BCUT2D eigenvalue weighted by Crippen LogP contribution is -2.58. The van der Waals surface area contributed by atoms with Crippen LogP contribution in [-0.4, -0.2) is 61.7 Å². The van der Waals surface area contributed by atoms with Gasteiger partial charge < -0.3 is 15.1 Å². The van der Waals surface area contributed by atoms with E-state index < -0.39 is 29.5 Å². The molecule has 2 aliphatic heterocycles. The van der Waals surface area contributed by atoms with Crippen LogP contribution in [-0.2, 0) is 21.2 Å². The largest absolute Gasteiger partial charge is 0.365 e. The molecule has 1 aromatic carbocycles. The SMILES string of the molecule is [N-]=[N+]=NCc1cc(NC(=O)C23CC4CC(CC(N=[N+]=[N-])(C4)C2)C3)cc(C(=O)N2CCN(C3=C(Cl)S(=O)(=O)C(Cl)=C3Cl)CC2)c1. The summed E-state index contributed by atoms with van der Waals surface area (Å²) < 4.78 is 23.7. The molecule has 44 heavy (non-hydrogen) atoms. The summed E-state index contributed by atoms with van der Waals surface area (Å²) in [4.78, 5) is 36.8. The number of piperazine rings is 1. The number of carbonyl (C=O) groups is 2. The summed E-state index contributed by atoms with van der Waals surface area (Å²) in [5.74, 6) is 0.197. The van der Waals surface area contributed by atoms with E-state index in [1.54, 1.807) is 28.0 Å². The number of halogens is 3. The molecule has 1 aromatic rings. The van der Waals surface area contributed by atoms with Gasteiger partial charge in [0.1, 0.15) is 0 Å². The third kappa shape index (κ3) is 5.27. The van der Waals surface area contributed by atoms with E-state index in [1.807, 2.05) is 0 Å². The highest BCUT2D eigenvalue weighted by molar-refractivity contribution is 8.02. The molecule has 0 aromatic heterocycles. The van der Waals surface area contributed by atoms with E-state index in [0.29, 0.717) is 35.1 Å². The third-order valence-electron chi connectivity index (χ3n) is 9.50. The summed E-state index contributed by atoms with van der Waals surface area (Å²) in [7, 11) is -4.03. The van der Waals surface area contributed by atoms with Gasteiger partial charge in [-0.25, -0.2) is 8.42 Å². The minimum absolute atomic E-state index is 0.0176. The molecule has 17 heteroatoms. The molecule has 0 spiro atoms. The quantitative estimate of drug-likeness (QED) is 0.200. The number of azide groups is 2. The summed E-state index contributed by atoms with van der Waals surface area (Å²) in [6, 6.07) is 4.93. The topological polar surface area (TPSA) is 184 Å². The Morgan fingerprint density at radius 3 is 2.25 bits per heavy atom. The average Bonchev–Trinajstić information content (AvgIpc) is 3.13. The highest BCUT2D eigenvalue weighted by atomic mass is 35.5. The van der Waals surface area contributed by atoms with E-state index >= 15 is 0 Å². The summed E-state index contributed by atoms with van der Waals surface area (Å²) >= 11 is 18.2. The van der Waals surface area contributed by atoms with Crippen LogP contribution in [0.4, 0.5) is 5.69 Å². The molecule has 1 saturated heterocycles. The fourth-order valence-electron chi connectivity index (χ4n) is 8.13. The number of hydrogen-bond acceptors (Lipinski definition) is 7. The van der Waals surface area contributed by atoms with Crippen molar-refractivity contribution in [2.24, 2.45) is 27.5 Å². The van der Waals surface area contributed by atoms with Crippen molar-refractivity contribution in [1.29, 1.82) is 0 Å². The summed E-state index contributed by atoms with van der Waals surface area (Å²) in [6.07, 6.45) is 4.64. The van der Waals surface area contributed by atoms with Crippen molar-refractivity contribution < 1.29 is 18.0 Å². The second-order valence-corrected chi connectivity index (χ2v) is 15.8. The Morgan fingerprint density at radius 2 is 1.66 bits per heavy atom. The summed E-state index contributed by atoms with van der Waals surface area (Å²) in [5.41, 5.74) is 18.3. The van der Waals surface area contributed by atoms with E-state index in [-0.39, 0.29) is 55.3 Å². The first-order valence-electron chi connectivity index (χ1n) is 14.2. The van der Waals surface area contributed by atoms with Gasteiger partial charge in [-0.3, -0.25) is 9.59 Å². The summed E-state index contributed by atoms with van der Waals surface area (Å²) in [6.45, 7) is 0.976. The normalized spacial score (nSPS) is 30.2. The Morgan fingerprint density at radius 1 is 0.977 bits per heavy atom. The van der Waals surface area contributed by atoms with Gasteiger partial charge in [0.15, 0.2) is 8.73 Å². The lowest BCUT2D eigenvalue weighted by molar-refractivity contribution is -0.142. The fourth-order valence-corrected chi connectivity index (χ4v) is 10.6. The van der Waals surface area contributed by atoms with Crippen LogP contribution in [0.3, 0.4) is 0 Å². The molecule has 2 heterocycles. The van der Waals surface area contributed by atoms with E-state index in [2.05, 4.69) is 25.4 Å². The van der Waals surface area contributed by atoms with E-state index in [4.69, 9.17) is 40.3 Å². The molecule has 2 amide bonds. The van der Waals surface area contributed by atoms with Crippen LogP contribution in [0.1, 0.15) is 54.4 Å². The van der Waals surface area contributed by atoms with Gasteiger partial charge in [-0.15, -0.1) is 0 Å². The minimum Gasteiger partial charge on any atom is -0.365 e. The fraction of sp³-hybridized carbons (Fsp3) is 0.556. The van der Waals surface area contributed by atoms with Crippen molar-refractivity contribution in [3.05, 3.63) is 69.7 Å². The van der Waals surface area contributed by atoms with Crippen LogP contribution in [0.25, 0.3) is 20.9 Å². The van der Waals surface area contributed by atoms with Crippen molar-refractivity contribution in [3.63, 3.8) is 0 Å². The zero-order valence-corrected chi connectivity index (χ0v) is 26.5. The van der Waals surface area contributed by atoms with Crippen LogP contribution < -0.4 is 5.32 Å². The van der Waals surface area contributed by atoms with Crippen LogP contribution in [0.2, 0.25) is 0 Å². The molecular formula is C27H28Cl3N9O4S. The van der Waals surface area contributed by atoms with Gasteiger partial charge >= 0.3 is 0 Å². The van der Waals surface area contributed by atoms with Gasteiger partial charge in [-0.05, 0) is 85.2 Å². The number of carbonyl (C=O) groups excluding carboxylic acids is 2. The first kappa shape index (κ1) is 30.9. The number of nitrogens with one attached hydrogen (secondary N) is 1. The molecule has 5 fully saturated rings. The van der Waals surface area contributed by atoms with Gasteiger partial charge in [-0.1, -0.05) is 45.0 Å². The molecule has 0 radical (unpaired) electrons. The number of sulfone groups is 1. The second kappa shape index (κ2) is 11.3. The van der Waals surface area contributed by atoms with E-state index in [0.717, 1.165) is 32.1 Å². The summed E-state index contributed by atoms with van der Waals surface area (Å²) in [5, 5.41) is 10.7. The first-order chi connectivity index (χ1) is 20.9. The molecule has 4 saturated carbocycles. The number of anilines is 1. The highest BCUT2D eigenvalue weighted by Crippen LogP contribution is 2.63. The number of allylic oxidation sites excluding steroid dienone is 1. The van der Waals surface area contributed by atoms with E-state index in [9.17, 15) is 23.5 Å². The zero-order valence-electron chi connectivity index (χ0n) is 23.4. The maximum absolute atomic E-state index is 13.9. The van der Waals surface area contributed by atoms with Crippen LogP contribution in [0.5, 0.6) is 0 Å². The lowest BCUT2D eigenvalue weighted by Gasteiger charge is -2.59. The van der Waals surface area contributed by atoms with Crippen LogP contribution in [0.15, 0.2) is 47.9 Å². The smallest absolute Gasteiger partial charge is 0.254 e.